The first-order chi connectivity index (χ1) is 33.8. The van der Waals surface area contributed by atoms with Gasteiger partial charge in [0.15, 0.2) is 0 Å². The number of nitrogens with zero attached hydrogens (tertiary/aromatic N) is 1. The summed E-state index contributed by atoms with van der Waals surface area (Å²) in [7, 11) is 0. The van der Waals surface area contributed by atoms with Crippen molar-refractivity contribution in [2.75, 3.05) is 4.90 Å². The van der Waals surface area contributed by atoms with Crippen LogP contribution in [0.25, 0.3) is 77.9 Å². The van der Waals surface area contributed by atoms with Gasteiger partial charge in [-0.2, -0.15) is 0 Å². The van der Waals surface area contributed by atoms with Gasteiger partial charge in [0.1, 0.15) is 0 Å². The number of hydrogen-bond donors (Lipinski definition) is 0. The molecule has 11 aromatic rings. The summed E-state index contributed by atoms with van der Waals surface area (Å²) >= 11 is 0. The predicted molar refractivity (Wildman–Crippen MR) is 285 cm³/mol. The number of anilines is 3. The first-order valence-electron chi connectivity index (χ1n) is 23.6. The van der Waals surface area contributed by atoms with E-state index in [1.165, 1.54) is 89.0 Å². The van der Waals surface area contributed by atoms with E-state index < -0.39 is 5.41 Å². The van der Waals surface area contributed by atoms with Crippen LogP contribution < -0.4 is 4.90 Å². The Morgan fingerprint density at radius 3 is 1.16 bits per heavy atom. The standard InChI is InChI=1S/C67H45N/c1-4-22-46(23-5-1)47-42-44-50(45-43-47)52-29-15-19-39-62(52)68(63-40-20-34-53(49-26-8-3-9-27-49)65(63)56-32-11-10-28-51(56)48-24-6-2-7-25-48)64-41-21-38-61-66(64)57-33-14-18-37-60(57)67(61)58-35-16-12-30-54(58)55-31-13-17-36-59(55)67/h1-45H. The largest absolute Gasteiger partial charge is 0.309 e. The second-order valence-corrected chi connectivity index (χ2v) is 17.9. The normalized spacial score (nSPS) is 12.5. The molecule has 11 aromatic carbocycles. The molecule has 318 valence electrons. The lowest BCUT2D eigenvalue weighted by atomic mass is 9.70. The highest BCUT2D eigenvalue weighted by atomic mass is 15.2. The second-order valence-electron chi connectivity index (χ2n) is 17.9. The Kier molecular flexibility index (Phi) is 9.47. The van der Waals surface area contributed by atoms with Gasteiger partial charge in [0.25, 0.3) is 0 Å². The van der Waals surface area contributed by atoms with Gasteiger partial charge in [-0.1, -0.05) is 255 Å². The molecular formula is C67H45N. The van der Waals surface area contributed by atoms with E-state index in [4.69, 9.17) is 0 Å². The van der Waals surface area contributed by atoms with Gasteiger partial charge < -0.3 is 4.90 Å². The smallest absolute Gasteiger partial charge is 0.0726 e. The van der Waals surface area contributed by atoms with Crippen molar-refractivity contribution in [1.29, 1.82) is 0 Å². The maximum atomic E-state index is 2.59. The molecule has 13 rings (SSSR count). The number of rotatable bonds is 8. The van der Waals surface area contributed by atoms with E-state index in [9.17, 15) is 0 Å². The maximum Gasteiger partial charge on any atom is 0.0726 e. The zero-order valence-corrected chi connectivity index (χ0v) is 37.4. The van der Waals surface area contributed by atoms with Crippen LogP contribution in [-0.2, 0) is 5.41 Å². The molecule has 0 amide bonds. The van der Waals surface area contributed by atoms with Gasteiger partial charge in [0.2, 0.25) is 0 Å². The molecule has 68 heavy (non-hydrogen) atoms. The molecule has 2 aliphatic carbocycles. The minimum absolute atomic E-state index is 0.498. The summed E-state index contributed by atoms with van der Waals surface area (Å²) in [5, 5.41) is 0. The van der Waals surface area contributed by atoms with Crippen molar-refractivity contribution >= 4 is 17.1 Å². The summed E-state index contributed by atoms with van der Waals surface area (Å²) in [5.74, 6) is 0. The van der Waals surface area contributed by atoms with Crippen molar-refractivity contribution in [3.63, 3.8) is 0 Å². The van der Waals surface area contributed by atoms with E-state index in [-0.39, 0.29) is 0 Å². The Balaban J connectivity index is 1.14. The molecular weight excluding hydrogens is 819 g/mol. The Morgan fingerprint density at radius 2 is 0.544 bits per heavy atom. The van der Waals surface area contributed by atoms with Crippen LogP contribution in [0, 0.1) is 0 Å². The third-order valence-corrected chi connectivity index (χ3v) is 14.3. The first-order valence-corrected chi connectivity index (χ1v) is 23.6. The summed E-state index contributed by atoms with van der Waals surface area (Å²) < 4.78 is 0. The lowest BCUT2D eigenvalue weighted by Gasteiger charge is -2.34. The van der Waals surface area contributed by atoms with Crippen molar-refractivity contribution in [2.45, 2.75) is 5.41 Å². The SMILES string of the molecule is c1ccc(-c2ccc(-c3ccccc3N(c3cccc(-c4ccccc4)c3-c3ccccc3-c3ccccc3)c3cccc4c3-c3ccccc3C43c4ccccc4-c4ccccc43)cc2)cc1. The third kappa shape index (κ3) is 6.10. The molecule has 1 heteroatoms. The summed E-state index contributed by atoms with van der Waals surface area (Å²) in [6.45, 7) is 0. The average molecular weight is 864 g/mol. The summed E-state index contributed by atoms with van der Waals surface area (Å²) in [5.41, 5.74) is 24.9. The molecule has 0 saturated carbocycles. The number of hydrogen-bond acceptors (Lipinski definition) is 1. The number of benzene rings is 11. The fourth-order valence-electron chi connectivity index (χ4n) is 11.5. The quantitative estimate of drug-likeness (QED) is 0.147. The molecule has 0 aliphatic heterocycles. The van der Waals surface area contributed by atoms with Gasteiger partial charge in [-0.05, 0) is 102 Å². The van der Waals surface area contributed by atoms with E-state index in [0.717, 1.165) is 28.2 Å². The molecule has 1 spiro atoms. The monoisotopic (exact) mass is 863 g/mol. The molecule has 0 saturated heterocycles. The van der Waals surface area contributed by atoms with Crippen LogP contribution in [0.5, 0.6) is 0 Å². The van der Waals surface area contributed by atoms with Crippen molar-refractivity contribution in [3.8, 4) is 77.9 Å². The first kappa shape index (κ1) is 39.6. The molecule has 1 nitrogen and oxygen atoms in total. The highest BCUT2D eigenvalue weighted by Crippen LogP contribution is 2.65. The Hall–Kier alpha value is -8.78. The lowest BCUT2D eigenvalue weighted by Crippen LogP contribution is -2.26. The van der Waals surface area contributed by atoms with E-state index >= 15 is 0 Å². The molecule has 0 heterocycles. The third-order valence-electron chi connectivity index (χ3n) is 14.3. The van der Waals surface area contributed by atoms with E-state index in [1.54, 1.807) is 0 Å². The fourth-order valence-corrected chi connectivity index (χ4v) is 11.5. The minimum Gasteiger partial charge on any atom is -0.309 e. The van der Waals surface area contributed by atoms with Crippen molar-refractivity contribution < 1.29 is 0 Å². The lowest BCUT2D eigenvalue weighted by molar-refractivity contribution is 0.794. The molecule has 0 aromatic heterocycles. The van der Waals surface area contributed by atoms with Crippen molar-refractivity contribution in [3.05, 3.63) is 295 Å². The second kappa shape index (κ2) is 16.3. The number of fused-ring (bicyclic) bond motifs is 10. The molecule has 0 N–H and O–H groups in total. The summed E-state index contributed by atoms with van der Waals surface area (Å²) in [6, 6.07) is 101. The van der Waals surface area contributed by atoms with Crippen molar-refractivity contribution in [1.82, 2.24) is 0 Å². The molecule has 0 atom stereocenters. The molecule has 0 fully saturated rings. The van der Waals surface area contributed by atoms with Gasteiger partial charge in [-0.25, -0.2) is 0 Å². The van der Waals surface area contributed by atoms with Gasteiger partial charge in [-0.3, -0.25) is 0 Å². The van der Waals surface area contributed by atoms with E-state index in [2.05, 4.69) is 278 Å². The van der Waals surface area contributed by atoms with Crippen LogP contribution >= 0.6 is 0 Å². The van der Waals surface area contributed by atoms with Gasteiger partial charge in [0.05, 0.1) is 22.5 Å². The summed E-state index contributed by atoms with van der Waals surface area (Å²) in [6.07, 6.45) is 0. The van der Waals surface area contributed by atoms with Gasteiger partial charge in [-0.15, -0.1) is 0 Å². The fraction of sp³-hybridized carbons (Fsp3) is 0.0149. The molecule has 0 radical (unpaired) electrons. The van der Waals surface area contributed by atoms with Gasteiger partial charge >= 0.3 is 0 Å². The Morgan fingerprint density at radius 1 is 0.191 bits per heavy atom. The average Bonchev–Trinajstić information content (AvgIpc) is 3.90. The highest BCUT2D eigenvalue weighted by molar-refractivity contribution is 6.07. The van der Waals surface area contributed by atoms with Crippen LogP contribution in [0.3, 0.4) is 0 Å². The Labute approximate surface area is 398 Å². The number of para-hydroxylation sites is 1. The highest BCUT2D eigenvalue weighted by Gasteiger charge is 2.52. The van der Waals surface area contributed by atoms with E-state index in [0.29, 0.717) is 0 Å². The van der Waals surface area contributed by atoms with Crippen LogP contribution in [0.1, 0.15) is 22.3 Å². The zero-order chi connectivity index (χ0) is 45.0. The van der Waals surface area contributed by atoms with Crippen LogP contribution in [0.15, 0.2) is 273 Å². The molecule has 2 aliphatic rings. The van der Waals surface area contributed by atoms with E-state index in [1.807, 2.05) is 0 Å². The zero-order valence-electron chi connectivity index (χ0n) is 37.4. The van der Waals surface area contributed by atoms with Crippen LogP contribution in [0.4, 0.5) is 17.1 Å². The maximum absolute atomic E-state index is 2.59. The van der Waals surface area contributed by atoms with Gasteiger partial charge in [0, 0.05) is 16.7 Å². The molecule has 0 unspecified atom stereocenters. The van der Waals surface area contributed by atoms with Crippen LogP contribution in [-0.4, -0.2) is 0 Å². The minimum atomic E-state index is -0.498. The van der Waals surface area contributed by atoms with Crippen molar-refractivity contribution in [2.24, 2.45) is 0 Å². The Bertz CT molecular complexity index is 3620. The van der Waals surface area contributed by atoms with Crippen LogP contribution in [0.2, 0.25) is 0 Å². The molecule has 0 bridgehead atoms. The predicted octanol–water partition coefficient (Wildman–Crippen LogP) is 17.8. The topological polar surface area (TPSA) is 3.24 Å². The summed E-state index contributed by atoms with van der Waals surface area (Å²) in [4.78, 5) is 2.59.